The zero-order valence-electron chi connectivity index (χ0n) is 12.4. The van der Waals surface area contributed by atoms with Crippen LogP contribution in [0.2, 0.25) is 10.0 Å². The number of rotatable bonds is 3. The van der Waals surface area contributed by atoms with E-state index in [2.05, 4.69) is 15.8 Å². The Kier molecular flexibility index (Phi) is 4.74. The molecule has 0 bridgehead atoms. The maximum Gasteiger partial charge on any atom is 0.271 e. The van der Waals surface area contributed by atoms with Crippen molar-refractivity contribution in [2.75, 3.05) is 0 Å². The zero-order chi connectivity index (χ0) is 17.1. The van der Waals surface area contributed by atoms with Crippen LogP contribution in [0.5, 0.6) is 0 Å². The molecule has 3 aromatic rings. The van der Waals surface area contributed by atoms with Gasteiger partial charge in [-0.2, -0.15) is 0 Å². The summed E-state index contributed by atoms with van der Waals surface area (Å²) in [6.07, 6.45) is 1.91. The third-order valence-corrected chi connectivity index (χ3v) is 4.36. The number of carbonyl (C=O) groups is 2. The van der Waals surface area contributed by atoms with Crippen molar-refractivity contribution in [3.8, 4) is 0 Å². The number of aromatic nitrogens is 1. The molecule has 0 radical (unpaired) electrons. The number of para-hydroxylation sites is 1. The molecular weight excluding hydrogens is 349 g/mol. The highest BCUT2D eigenvalue weighted by molar-refractivity contribution is 6.43. The summed E-state index contributed by atoms with van der Waals surface area (Å²) in [4.78, 5) is 27.2. The van der Waals surface area contributed by atoms with E-state index in [0.29, 0.717) is 0 Å². The summed E-state index contributed by atoms with van der Waals surface area (Å²) < 4.78 is 0. The second kappa shape index (κ2) is 6.95. The molecule has 0 unspecified atom stereocenters. The number of hydrogen-bond acceptors (Lipinski definition) is 2. The number of hydrazine groups is 1. The van der Waals surface area contributed by atoms with Gasteiger partial charge in [0.25, 0.3) is 5.91 Å². The van der Waals surface area contributed by atoms with Gasteiger partial charge in [0.1, 0.15) is 0 Å². The number of hydrogen-bond donors (Lipinski definition) is 3. The fraction of sp³-hybridized carbons (Fsp3) is 0.0588. The molecule has 0 aliphatic carbocycles. The predicted octanol–water partition coefficient (Wildman–Crippen LogP) is 3.48. The Labute approximate surface area is 147 Å². The van der Waals surface area contributed by atoms with Crippen molar-refractivity contribution >= 4 is 45.9 Å². The van der Waals surface area contributed by atoms with Gasteiger partial charge in [-0.05, 0) is 23.8 Å². The summed E-state index contributed by atoms with van der Waals surface area (Å²) >= 11 is 11.8. The molecule has 2 aromatic carbocycles. The van der Waals surface area contributed by atoms with Crippen LogP contribution in [0.4, 0.5) is 0 Å². The van der Waals surface area contributed by atoms with Gasteiger partial charge in [-0.25, -0.2) is 0 Å². The van der Waals surface area contributed by atoms with Crippen LogP contribution in [-0.2, 0) is 11.2 Å². The number of H-pyrrole nitrogens is 1. The Morgan fingerprint density at radius 2 is 1.79 bits per heavy atom. The van der Waals surface area contributed by atoms with Crippen molar-refractivity contribution in [2.45, 2.75) is 6.42 Å². The topological polar surface area (TPSA) is 74.0 Å². The molecule has 1 heterocycles. The first-order chi connectivity index (χ1) is 11.6. The van der Waals surface area contributed by atoms with Gasteiger partial charge in [-0.1, -0.05) is 47.5 Å². The number of nitrogens with one attached hydrogen (secondary N) is 3. The van der Waals surface area contributed by atoms with Gasteiger partial charge in [0.05, 0.1) is 22.0 Å². The van der Waals surface area contributed by atoms with Gasteiger partial charge in [0, 0.05) is 17.1 Å². The van der Waals surface area contributed by atoms with E-state index in [9.17, 15) is 9.59 Å². The van der Waals surface area contributed by atoms with Crippen LogP contribution in [0.1, 0.15) is 15.9 Å². The molecule has 0 saturated carbocycles. The SMILES string of the molecule is O=C(Cc1c[nH]c2ccccc12)NNC(=O)c1cccc(Cl)c1Cl. The quantitative estimate of drug-likeness (QED) is 0.624. The summed E-state index contributed by atoms with van der Waals surface area (Å²) in [6.45, 7) is 0. The minimum Gasteiger partial charge on any atom is -0.361 e. The molecule has 0 saturated heterocycles. The van der Waals surface area contributed by atoms with Crippen molar-refractivity contribution in [1.82, 2.24) is 15.8 Å². The molecule has 3 rings (SSSR count). The van der Waals surface area contributed by atoms with E-state index in [1.54, 1.807) is 18.3 Å². The van der Waals surface area contributed by atoms with Gasteiger partial charge >= 0.3 is 0 Å². The lowest BCUT2D eigenvalue weighted by molar-refractivity contribution is -0.121. The van der Waals surface area contributed by atoms with E-state index in [4.69, 9.17) is 23.2 Å². The number of benzene rings is 2. The van der Waals surface area contributed by atoms with E-state index in [1.807, 2.05) is 24.3 Å². The number of aromatic amines is 1. The highest BCUT2D eigenvalue weighted by Crippen LogP contribution is 2.25. The van der Waals surface area contributed by atoms with E-state index >= 15 is 0 Å². The smallest absolute Gasteiger partial charge is 0.271 e. The maximum atomic E-state index is 12.1. The van der Waals surface area contributed by atoms with E-state index in [1.165, 1.54) is 6.07 Å². The van der Waals surface area contributed by atoms with Crippen LogP contribution in [0.3, 0.4) is 0 Å². The molecule has 5 nitrogen and oxygen atoms in total. The van der Waals surface area contributed by atoms with E-state index < -0.39 is 5.91 Å². The van der Waals surface area contributed by atoms with E-state index in [0.717, 1.165) is 16.5 Å². The van der Waals surface area contributed by atoms with Crippen LogP contribution >= 0.6 is 23.2 Å². The molecule has 0 aliphatic heterocycles. The van der Waals surface area contributed by atoms with Crippen molar-refractivity contribution in [3.05, 3.63) is 69.8 Å². The second-order valence-corrected chi connectivity index (χ2v) is 5.93. The maximum absolute atomic E-state index is 12.1. The molecule has 24 heavy (non-hydrogen) atoms. The minimum atomic E-state index is -0.533. The lowest BCUT2D eigenvalue weighted by Crippen LogP contribution is -2.42. The molecule has 3 N–H and O–H groups in total. The van der Waals surface area contributed by atoms with Gasteiger partial charge in [0.2, 0.25) is 5.91 Å². The van der Waals surface area contributed by atoms with Crippen molar-refractivity contribution in [1.29, 1.82) is 0 Å². The second-order valence-electron chi connectivity index (χ2n) is 5.14. The summed E-state index contributed by atoms with van der Waals surface area (Å²) in [7, 11) is 0. The standard InChI is InChI=1S/C17H13Cl2N3O2/c18-13-6-3-5-12(16(13)19)17(24)22-21-15(23)8-10-9-20-14-7-2-1-4-11(10)14/h1-7,9,20H,8H2,(H,21,23)(H,22,24). The van der Waals surface area contributed by atoms with Crippen LogP contribution in [0.25, 0.3) is 10.9 Å². The fourth-order valence-corrected chi connectivity index (χ4v) is 2.75. The van der Waals surface area contributed by atoms with Crippen molar-refractivity contribution < 1.29 is 9.59 Å². The Morgan fingerprint density at radius 3 is 2.62 bits per heavy atom. The predicted molar refractivity (Wildman–Crippen MR) is 94.1 cm³/mol. The first-order valence-electron chi connectivity index (χ1n) is 7.14. The summed E-state index contributed by atoms with van der Waals surface area (Å²) in [5, 5.41) is 1.38. The van der Waals surface area contributed by atoms with Gasteiger partial charge in [0.15, 0.2) is 0 Å². The summed E-state index contributed by atoms with van der Waals surface area (Å²) in [6, 6.07) is 12.4. The van der Waals surface area contributed by atoms with E-state index in [-0.39, 0.29) is 27.9 Å². The molecular formula is C17H13Cl2N3O2. The number of halogens is 2. The van der Waals surface area contributed by atoms with Crippen molar-refractivity contribution in [3.63, 3.8) is 0 Å². The molecule has 0 aliphatic rings. The zero-order valence-corrected chi connectivity index (χ0v) is 13.9. The Hall–Kier alpha value is -2.50. The minimum absolute atomic E-state index is 0.133. The van der Waals surface area contributed by atoms with Crippen molar-refractivity contribution in [2.24, 2.45) is 0 Å². The molecule has 0 fully saturated rings. The monoisotopic (exact) mass is 361 g/mol. The molecule has 7 heteroatoms. The highest BCUT2D eigenvalue weighted by atomic mass is 35.5. The number of fused-ring (bicyclic) bond motifs is 1. The van der Waals surface area contributed by atoms with Crippen LogP contribution < -0.4 is 10.9 Å². The molecule has 0 atom stereocenters. The Bertz CT molecular complexity index is 921. The van der Waals surface area contributed by atoms with Gasteiger partial charge in [-0.15, -0.1) is 0 Å². The first kappa shape index (κ1) is 16.4. The summed E-state index contributed by atoms with van der Waals surface area (Å²) in [5.41, 5.74) is 6.70. The Balaban J connectivity index is 1.63. The molecule has 1 aromatic heterocycles. The largest absolute Gasteiger partial charge is 0.361 e. The number of amides is 2. The van der Waals surface area contributed by atoms with Gasteiger partial charge in [-0.3, -0.25) is 20.4 Å². The highest BCUT2D eigenvalue weighted by Gasteiger charge is 2.14. The fourth-order valence-electron chi connectivity index (χ4n) is 2.37. The lowest BCUT2D eigenvalue weighted by atomic mass is 10.1. The molecule has 2 amide bonds. The summed E-state index contributed by atoms with van der Waals surface area (Å²) in [5.74, 6) is -0.874. The third-order valence-electron chi connectivity index (χ3n) is 3.54. The van der Waals surface area contributed by atoms with Gasteiger partial charge < -0.3 is 4.98 Å². The normalized spacial score (nSPS) is 10.6. The Morgan fingerprint density at radius 1 is 1.00 bits per heavy atom. The molecule has 122 valence electrons. The average molecular weight is 362 g/mol. The lowest BCUT2D eigenvalue weighted by Gasteiger charge is -2.09. The number of carbonyl (C=O) groups excluding carboxylic acids is 2. The van der Waals surface area contributed by atoms with Crippen LogP contribution in [0, 0.1) is 0 Å². The third kappa shape index (κ3) is 3.37. The average Bonchev–Trinajstić information content (AvgIpc) is 2.98. The molecule has 0 spiro atoms. The van der Waals surface area contributed by atoms with Crippen LogP contribution in [0.15, 0.2) is 48.7 Å². The van der Waals surface area contributed by atoms with Crippen LogP contribution in [-0.4, -0.2) is 16.8 Å². The first-order valence-corrected chi connectivity index (χ1v) is 7.90.